The summed E-state index contributed by atoms with van der Waals surface area (Å²) in [5.74, 6) is -3.78. The number of hydrogen-bond donors (Lipinski definition) is 1. The maximum atomic E-state index is 13.6. The molecule has 0 spiro atoms. The number of carbonyl (C=O) groups excluding carboxylic acids is 2. The number of hydrogen-bond acceptors (Lipinski definition) is 2. The highest BCUT2D eigenvalue weighted by Crippen LogP contribution is 2.38. The molecule has 1 fully saturated rings. The van der Waals surface area contributed by atoms with Gasteiger partial charge in [-0.05, 0) is 26.0 Å². The number of amides is 3. The first-order chi connectivity index (χ1) is 9.58. The van der Waals surface area contributed by atoms with Crippen LogP contribution >= 0.6 is 0 Å². The maximum absolute atomic E-state index is 13.6. The molecule has 5 nitrogen and oxygen atoms in total. The van der Waals surface area contributed by atoms with Gasteiger partial charge in [0, 0.05) is 12.5 Å². The van der Waals surface area contributed by atoms with Gasteiger partial charge in [-0.15, -0.1) is 0 Å². The molecular formula is C14H13F2N3O2. The number of nitrogens with one attached hydrogen (secondary N) is 1. The predicted octanol–water partition coefficient (Wildman–Crippen LogP) is 3.18. The lowest BCUT2D eigenvalue weighted by Gasteiger charge is -2.19. The van der Waals surface area contributed by atoms with Crippen LogP contribution in [0.4, 0.5) is 25.0 Å². The van der Waals surface area contributed by atoms with Crippen molar-refractivity contribution >= 4 is 23.3 Å². The molecule has 0 aromatic heterocycles. The molecular weight excluding hydrogens is 280 g/mol. The minimum atomic E-state index is -3.25. The van der Waals surface area contributed by atoms with Crippen LogP contribution < -0.4 is 10.2 Å². The van der Waals surface area contributed by atoms with Crippen molar-refractivity contribution in [2.45, 2.75) is 32.2 Å². The van der Waals surface area contributed by atoms with E-state index in [4.69, 9.17) is 6.57 Å². The Morgan fingerprint density at radius 1 is 1.33 bits per heavy atom. The molecule has 1 N–H and O–H groups in total. The molecule has 1 heterocycles. The SMILES string of the molecule is [C-]#[N+]c1ccc(N2C(=O)NC(C)(C)C2=O)cc1C(C)(F)F. The standard InChI is InChI=1S/C14H13F2N3O2/c1-13(2)11(20)19(12(21)18-13)8-5-6-10(17-4)9(7-8)14(3,15)16/h5-7H,1-3H3,(H,18,21). The molecule has 21 heavy (non-hydrogen) atoms. The van der Waals surface area contributed by atoms with Gasteiger partial charge in [-0.3, -0.25) is 4.79 Å². The first-order valence-corrected chi connectivity index (χ1v) is 6.14. The quantitative estimate of drug-likeness (QED) is 0.672. The summed E-state index contributed by atoms with van der Waals surface area (Å²) in [6.07, 6.45) is 0. The second-order valence-corrected chi connectivity index (χ2v) is 5.40. The highest BCUT2D eigenvalue weighted by molar-refractivity contribution is 6.23. The van der Waals surface area contributed by atoms with Crippen LogP contribution in [-0.4, -0.2) is 17.5 Å². The Bertz CT molecular complexity index is 672. The van der Waals surface area contributed by atoms with Crippen molar-refractivity contribution in [1.82, 2.24) is 5.32 Å². The van der Waals surface area contributed by atoms with Crippen LogP contribution in [0, 0.1) is 6.57 Å². The summed E-state index contributed by atoms with van der Waals surface area (Å²) in [5, 5.41) is 2.47. The first-order valence-electron chi connectivity index (χ1n) is 6.14. The third-order valence-corrected chi connectivity index (χ3v) is 3.19. The van der Waals surface area contributed by atoms with E-state index in [1.54, 1.807) is 0 Å². The number of urea groups is 1. The number of halogens is 2. The monoisotopic (exact) mass is 293 g/mol. The molecule has 0 radical (unpaired) electrons. The van der Waals surface area contributed by atoms with Gasteiger partial charge in [0.2, 0.25) is 0 Å². The first kappa shape index (κ1) is 14.9. The van der Waals surface area contributed by atoms with E-state index in [2.05, 4.69) is 10.2 Å². The van der Waals surface area contributed by atoms with E-state index in [0.717, 1.165) is 11.0 Å². The van der Waals surface area contributed by atoms with Crippen LogP contribution in [0.25, 0.3) is 4.85 Å². The smallest absolute Gasteiger partial charge is 0.323 e. The van der Waals surface area contributed by atoms with Crippen molar-refractivity contribution in [3.05, 3.63) is 35.2 Å². The summed E-state index contributed by atoms with van der Waals surface area (Å²) in [6.45, 7) is 10.6. The topological polar surface area (TPSA) is 53.8 Å². The molecule has 1 aromatic rings. The van der Waals surface area contributed by atoms with Gasteiger partial charge in [0.25, 0.3) is 11.8 Å². The number of nitrogens with zero attached hydrogens (tertiary/aromatic N) is 2. The molecule has 0 atom stereocenters. The molecule has 0 aliphatic carbocycles. The Hall–Kier alpha value is -2.49. The molecule has 0 saturated carbocycles. The number of rotatable bonds is 2. The van der Waals surface area contributed by atoms with Crippen molar-refractivity contribution < 1.29 is 18.4 Å². The lowest BCUT2D eigenvalue weighted by molar-refractivity contribution is -0.121. The molecule has 1 aromatic carbocycles. The number of benzene rings is 1. The lowest BCUT2D eigenvalue weighted by Crippen LogP contribution is -2.40. The van der Waals surface area contributed by atoms with E-state index < -0.39 is 29.0 Å². The summed E-state index contributed by atoms with van der Waals surface area (Å²) in [7, 11) is 0. The molecule has 1 aliphatic rings. The Balaban J connectivity index is 2.55. The second-order valence-electron chi connectivity index (χ2n) is 5.40. The van der Waals surface area contributed by atoms with Crippen molar-refractivity contribution in [2.24, 2.45) is 0 Å². The van der Waals surface area contributed by atoms with Crippen molar-refractivity contribution in [3.63, 3.8) is 0 Å². The Kier molecular flexibility index (Phi) is 3.21. The van der Waals surface area contributed by atoms with E-state index in [0.29, 0.717) is 6.92 Å². The number of alkyl halides is 2. The minimum Gasteiger partial charge on any atom is -0.323 e. The van der Waals surface area contributed by atoms with Crippen LogP contribution in [0.5, 0.6) is 0 Å². The van der Waals surface area contributed by atoms with Crippen LogP contribution in [-0.2, 0) is 10.7 Å². The minimum absolute atomic E-state index is 0.0204. The van der Waals surface area contributed by atoms with Crippen LogP contribution in [0.2, 0.25) is 0 Å². The van der Waals surface area contributed by atoms with Crippen LogP contribution in [0.1, 0.15) is 26.3 Å². The molecule has 110 valence electrons. The highest BCUT2D eigenvalue weighted by atomic mass is 19.3. The van der Waals surface area contributed by atoms with Crippen molar-refractivity contribution in [2.75, 3.05) is 4.90 Å². The number of imide groups is 1. The van der Waals surface area contributed by atoms with E-state index in [1.807, 2.05) is 0 Å². The van der Waals surface area contributed by atoms with Gasteiger partial charge < -0.3 is 5.32 Å². The Morgan fingerprint density at radius 3 is 2.38 bits per heavy atom. The molecule has 0 bridgehead atoms. The van der Waals surface area contributed by atoms with Gasteiger partial charge in [0.1, 0.15) is 5.54 Å². The van der Waals surface area contributed by atoms with Gasteiger partial charge in [-0.25, -0.2) is 23.3 Å². The largest absolute Gasteiger partial charge is 0.329 e. The molecule has 1 saturated heterocycles. The fraction of sp³-hybridized carbons (Fsp3) is 0.357. The summed E-state index contributed by atoms with van der Waals surface area (Å²) in [6, 6.07) is 2.82. The fourth-order valence-corrected chi connectivity index (χ4v) is 2.10. The maximum Gasteiger partial charge on any atom is 0.329 e. The fourth-order valence-electron chi connectivity index (χ4n) is 2.10. The summed E-state index contributed by atoms with van der Waals surface area (Å²) >= 11 is 0. The molecule has 2 rings (SSSR count). The van der Waals surface area contributed by atoms with Crippen molar-refractivity contribution in [1.29, 1.82) is 0 Å². The molecule has 0 unspecified atom stereocenters. The number of carbonyl (C=O) groups is 2. The van der Waals surface area contributed by atoms with Gasteiger partial charge >= 0.3 is 6.03 Å². The van der Waals surface area contributed by atoms with Gasteiger partial charge in [-0.2, -0.15) is 0 Å². The zero-order valence-electron chi connectivity index (χ0n) is 11.7. The summed E-state index contributed by atoms with van der Waals surface area (Å²) in [4.78, 5) is 27.9. The average Bonchev–Trinajstić information content (AvgIpc) is 2.56. The van der Waals surface area contributed by atoms with Gasteiger partial charge in [0.15, 0.2) is 5.69 Å². The number of anilines is 1. The lowest BCUT2D eigenvalue weighted by atomic mass is 10.0. The van der Waals surface area contributed by atoms with Crippen molar-refractivity contribution in [3.8, 4) is 0 Å². The van der Waals surface area contributed by atoms with Crippen LogP contribution in [0.15, 0.2) is 18.2 Å². The normalized spacial score (nSPS) is 17.6. The van der Waals surface area contributed by atoms with Gasteiger partial charge in [-0.1, -0.05) is 6.07 Å². The van der Waals surface area contributed by atoms with E-state index in [9.17, 15) is 18.4 Å². The highest BCUT2D eigenvalue weighted by Gasteiger charge is 2.45. The zero-order chi connectivity index (χ0) is 16.0. The third-order valence-electron chi connectivity index (χ3n) is 3.19. The molecule has 3 amide bonds. The second kappa shape index (κ2) is 4.52. The summed E-state index contributed by atoms with van der Waals surface area (Å²) < 4.78 is 27.1. The Labute approximate surface area is 120 Å². The van der Waals surface area contributed by atoms with E-state index in [1.165, 1.54) is 26.0 Å². The zero-order valence-corrected chi connectivity index (χ0v) is 11.7. The van der Waals surface area contributed by atoms with Gasteiger partial charge in [0.05, 0.1) is 12.3 Å². The van der Waals surface area contributed by atoms with E-state index >= 15 is 0 Å². The van der Waals surface area contributed by atoms with E-state index in [-0.39, 0.29) is 11.4 Å². The predicted molar refractivity (Wildman–Crippen MR) is 72.4 cm³/mol. The van der Waals surface area contributed by atoms with Crippen LogP contribution in [0.3, 0.4) is 0 Å². The molecule has 7 heteroatoms. The average molecular weight is 293 g/mol. The Morgan fingerprint density at radius 2 is 1.95 bits per heavy atom. The summed E-state index contributed by atoms with van der Waals surface area (Å²) in [5.41, 5.74) is -1.80. The molecule has 1 aliphatic heterocycles. The third kappa shape index (κ3) is 2.44.